The third-order valence-electron chi connectivity index (χ3n) is 2.75. The summed E-state index contributed by atoms with van der Waals surface area (Å²) < 4.78 is 4.98. The fourth-order valence-corrected chi connectivity index (χ4v) is 1.69. The van der Waals surface area contributed by atoms with Crippen molar-refractivity contribution in [3.05, 3.63) is 35.9 Å². The van der Waals surface area contributed by atoms with E-state index in [4.69, 9.17) is 4.74 Å². The highest BCUT2D eigenvalue weighted by Crippen LogP contribution is 2.23. The summed E-state index contributed by atoms with van der Waals surface area (Å²) in [6, 6.07) is 9.79. The Morgan fingerprint density at radius 2 is 1.94 bits per heavy atom. The molecule has 84 valence electrons. The summed E-state index contributed by atoms with van der Waals surface area (Å²) in [5, 5.41) is 2.14. The molecule has 0 saturated carbocycles. The minimum atomic E-state index is -1.02. The predicted molar refractivity (Wildman–Crippen MR) is 57.8 cm³/mol. The van der Waals surface area contributed by atoms with Gasteiger partial charge in [0.05, 0.1) is 0 Å². The summed E-state index contributed by atoms with van der Waals surface area (Å²) in [5.41, 5.74) is 0.104. The Morgan fingerprint density at radius 3 is 2.50 bits per heavy atom. The molecule has 2 rings (SSSR count). The van der Waals surface area contributed by atoms with Crippen molar-refractivity contribution >= 4 is 12.0 Å². The lowest BCUT2D eigenvalue weighted by Gasteiger charge is -2.18. The summed E-state index contributed by atoms with van der Waals surface area (Å²) in [6.07, 6.45) is 0.549. The lowest BCUT2D eigenvalue weighted by molar-refractivity contribution is -0.130. The van der Waals surface area contributed by atoms with Crippen LogP contribution in [-0.4, -0.2) is 17.6 Å². The summed E-state index contributed by atoms with van der Waals surface area (Å²) in [5.74, 6) is -0.353. The molecular formula is C12H13NO3. The van der Waals surface area contributed by atoms with Crippen molar-refractivity contribution in [3.63, 3.8) is 0 Å². The molecule has 1 fully saturated rings. The van der Waals surface area contributed by atoms with Crippen LogP contribution in [0.1, 0.15) is 18.9 Å². The Hall–Kier alpha value is -1.84. The second-order valence-corrected chi connectivity index (χ2v) is 4.06. The third kappa shape index (κ3) is 2.05. The fourth-order valence-electron chi connectivity index (χ4n) is 1.69. The molecule has 1 aromatic rings. The number of rotatable bonds is 3. The molecule has 0 aliphatic carbocycles. The molecule has 2 amide bonds. The normalized spacial score (nSPS) is 24.1. The molecule has 0 bridgehead atoms. The molecule has 0 spiro atoms. The number of benzene rings is 1. The Morgan fingerprint density at radius 1 is 1.25 bits per heavy atom. The largest absolute Gasteiger partial charge is 0.433 e. The van der Waals surface area contributed by atoms with E-state index in [1.165, 1.54) is 0 Å². The number of alkyl carbamates (subject to hydrolysis) is 1. The predicted octanol–water partition coefficient (Wildman–Crippen LogP) is 1.64. The average Bonchev–Trinajstić information content (AvgIpc) is 2.52. The number of hydrogen-bond acceptors (Lipinski definition) is 3. The number of carbonyl (C=O) groups excluding carboxylic acids is 2. The molecule has 1 unspecified atom stereocenters. The van der Waals surface area contributed by atoms with Crippen LogP contribution in [0, 0.1) is 0 Å². The van der Waals surface area contributed by atoms with Crippen LogP contribution in [-0.2, 0) is 16.0 Å². The maximum Gasteiger partial charge on any atom is 0.415 e. The lowest BCUT2D eigenvalue weighted by Crippen LogP contribution is -2.36. The quantitative estimate of drug-likeness (QED) is 0.840. The monoisotopic (exact) mass is 219 g/mol. The van der Waals surface area contributed by atoms with Crippen molar-refractivity contribution in [2.45, 2.75) is 25.4 Å². The van der Waals surface area contributed by atoms with Gasteiger partial charge in [0.15, 0.2) is 5.60 Å². The number of aryl methyl sites for hydroxylation is 1. The molecule has 0 radical (unpaired) electrons. The highest BCUT2D eigenvalue weighted by Gasteiger charge is 2.44. The van der Waals surface area contributed by atoms with Crippen LogP contribution in [0.25, 0.3) is 0 Å². The van der Waals surface area contributed by atoms with E-state index in [9.17, 15) is 9.59 Å². The number of ether oxygens (including phenoxy) is 1. The van der Waals surface area contributed by atoms with Crippen LogP contribution in [0.3, 0.4) is 0 Å². The van der Waals surface area contributed by atoms with Crippen LogP contribution in [0.15, 0.2) is 30.3 Å². The van der Waals surface area contributed by atoms with Gasteiger partial charge in [0.1, 0.15) is 0 Å². The lowest BCUT2D eigenvalue weighted by atomic mass is 9.96. The first-order chi connectivity index (χ1) is 7.60. The third-order valence-corrected chi connectivity index (χ3v) is 2.75. The number of amides is 2. The van der Waals surface area contributed by atoms with Gasteiger partial charge in [-0.3, -0.25) is 10.1 Å². The SMILES string of the molecule is CC1(CCc2ccccc2)OC(=O)NC1=O. The molecular weight excluding hydrogens is 206 g/mol. The zero-order chi connectivity index (χ0) is 11.6. The maximum absolute atomic E-state index is 11.5. The first-order valence-corrected chi connectivity index (χ1v) is 5.18. The summed E-state index contributed by atoms with van der Waals surface area (Å²) in [7, 11) is 0. The van der Waals surface area contributed by atoms with E-state index >= 15 is 0 Å². The molecule has 0 aromatic heterocycles. The van der Waals surface area contributed by atoms with Gasteiger partial charge in [-0.05, 0) is 18.9 Å². The van der Waals surface area contributed by atoms with E-state index in [0.29, 0.717) is 12.8 Å². The van der Waals surface area contributed by atoms with Crippen molar-refractivity contribution in [2.24, 2.45) is 0 Å². The molecule has 1 heterocycles. The molecule has 16 heavy (non-hydrogen) atoms. The molecule has 1 atom stereocenters. The molecule has 1 aromatic carbocycles. The van der Waals surface area contributed by atoms with Crippen LogP contribution >= 0.6 is 0 Å². The van der Waals surface area contributed by atoms with E-state index in [-0.39, 0.29) is 5.91 Å². The van der Waals surface area contributed by atoms with E-state index in [0.717, 1.165) is 5.56 Å². The smallest absolute Gasteiger partial charge is 0.415 e. The first kappa shape index (κ1) is 10.7. The fraction of sp³-hybridized carbons (Fsp3) is 0.333. The van der Waals surface area contributed by atoms with Crippen LogP contribution in [0.2, 0.25) is 0 Å². The second-order valence-electron chi connectivity index (χ2n) is 4.06. The minimum Gasteiger partial charge on any atom is -0.433 e. The zero-order valence-electron chi connectivity index (χ0n) is 9.03. The molecule has 4 heteroatoms. The van der Waals surface area contributed by atoms with Gasteiger partial charge in [0.25, 0.3) is 5.91 Å². The standard InChI is InChI=1S/C12H13NO3/c1-12(10(14)13-11(15)16-12)8-7-9-5-3-2-4-6-9/h2-6H,7-8H2,1H3,(H,13,14,15). The zero-order valence-corrected chi connectivity index (χ0v) is 9.03. The Balaban J connectivity index is 2.00. The van der Waals surface area contributed by atoms with Crippen molar-refractivity contribution in [3.8, 4) is 0 Å². The number of nitrogens with one attached hydrogen (secondary N) is 1. The number of carbonyl (C=O) groups is 2. The van der Waals surface area contributed by atoms with Crippen molar-refractivity contribution in [1.82, 2.24) is 5.32 Å². The molecule has 1 N–H and O–H groups in total. The van der Waals surface area contributed by atoms with Gasteiger partial charge in [0, 0.05) is 6.42 Å². The number of imide groups is 1. The van der Waals surface area contributed by atoms with Crippen LogP contribution < -0.4 is 5.32 Å². The summed E-state index contributed by atoms with van der Waals surface area (Å²) in [6.45, 7) is 1.64. The Bertz CT molecular complexity index is 416. The molecule has 1 aliphatic heterocycles. The second kappa shape index (κ2) is 3.96. The highest BCUT2D eigenvalue weighted by molar-refractivity contribution is 6.02. The van der Waals surface area contributed by atoms with E-state index < -0.39 is 11.7 Å². The van der Waals surface area contributed by atoms with Crippen molar-refractivity contribution in [1.29, 1.82) is 0 Å². The van der Waals surface area contributed by atoms with E-state index in [1.54, 1.807) is 6.92 Å². The van der Waals surface area contributed by atoms with Crippen molar-refractivity contribution < 1.29 is 14.3 Å². The van der Waals surface area contributed by atoms with E-state index in [1.807, 2.05) is 30.3 Å². The van der Waals surface area contributed by atoms with Gasteiger partial charge in [-0.15, -0.1) is 0 Å². The Kier molecular flexibility index (Phi) is 2.64. The van der Waals surface area contributed by atoms with Crippen molar-refractivity contribution in [2.75, 3.05) is 0 Å². The highest BCUT2D eigenvalue weighted by atomic mass is 16.6. The van der Waals surface area contributed by atoms with Gasteiger partial charge in [-0.25, -0.2) is 4.79 Å². The maximum atomic E-state index is 11.5. The molecule has 4 nitrogen and oxygen atoms in total. The van der Waals surface area contributed by atoms with Crippen LogP contribution in [0.4, 0.5) is 4.79 Å². The van der Waals surface area contributed by atoms with Crippen LogP contribution in [0.5, 0.6) is 0 Å². The van der Waals surface area contributed by atoms with Gasteiger partial charge in [0.2, 0.25) is 0 Å². The average molecular weight is 219 g/mol. The first-order valence-electron chi connectivity index (χ1n) is 5.18. The summed E-state index contributed by atoms with van der Waals surface area (Å²) >= 11 is 0. The van der Waals surface area contributed by atoms with Gasteiger partial charge in [-0.2, -0.15) is 0 Å². The topological polar surface area (TPSA) is 55.4 Å². The number of cyclic esters (lactones) is 1. The Labute approximate surface area is 93.6 Å². The van der Waals surface area contributed by atoms with E-state index in [2.05, 4.69) is 5.32 Å². The van der Waals surface area contributed by atoms with Gasteiger partial charge < -0.3 is 4.74 Å². The molecule has 1 saturated heterocycles. The molecule has 1 aliphatic rings. The minimum absolute atomic E-state index is 0.353. The number of hydrogen-bond donors (Lipinski definition) is 1. The van der Waals surface area contributed by atoms with Gasteiger partial charge in [-0.1, -0.05) is 30.3 Å². The summed E-state index contributed by atoms with van der Waals surface area (Å²) in [4.78, 5) is 22.4. The van der Waals surface area contributed by atoms with Gasteiger partial charge >= 0.3 is 6.09 Å².